The van der Waals surface area contributed by atoms with Gasteiger partial charge in [-0.05, 0) is 17.7 Å². The van der Waals surface area contributed by atoms with Crippen LogP contribution < -0.4 is 54.2 Å². The van der Waals surface area contributed by atoms with E-state index in [-0.39, 0.29) is 52.3 Å². The maximum absolute atomic E-state index is 13.1. The second kappa shape index (κ2) is 12.0. The second-order valence-electron chi connectivity index (χ2n) is 6.37. The molecule has 0 bridgehead atoms. The fourth-order valence-corrected chi connectivity index (χ4v) is 4.20. The number of aliphatic carboxylic acids is 1. The first-order valence-corrected chi connectivity index (χ1v) is 10.5. The fourth-order valence-electron chi connectivity index (χ4n) is 2.94. The van der Waals surface area contributed by atoms with E-state index in [0.29, 0.717) is 28.4 Å². The first-order valence-electron chi connectivity index (χ1n) is 9.00. The summed E-state index contributed by atoms with van der Waals surface area (Å²) >= 11 is 0. The van der Waals surface area contributed by atoms with E-state index in [1.807, 2.05) is 0 Å². The van der Waals surface area contributed by atoms with Crippen LogP contribution in [0.25, 0.3) is 6.08 Å². The van der Waals surface area contributed by atoms with Crippen molar-refractivity contribution in [2.45, 2.75) is 6.42 Å². The van der Waals surface area contributed by atoms with E-state index in [1.165, 1.54) is 40.6 Å². The Morgan fingerprint density at radius 1 is 1.12 bits per heavy atom. The predicted octanol–water partition coefficient (Wildman–Crippen LogP) is -1.86. The van der Waals surface area contributed by atoms with Gasteiger partial charge < -0.3 is 34.2 Å². The number of hydrogen-bond acceptors (Lipinski definition) is 9. The molecule has 0 radical (unpaired) electrons. The van der Waals surface area contributed by atoms with Gasteiger partial charge in [0.15, 0.2) is 5.76 Å². The zero-order valence-electron chi connectivity index (χ0n) is 18.7. The molecule has 168 valence electrons. The predicted molar refractivity (Wildman–Crippen MR) is 113 cm³/mol. The average Bonchev–Trinajstić information content (AvgIpc) is 2.74. The van der Waals surface area contributed by atoms with E-state index in [1.54, 1.807) is 12.1 Å². The molecule has 0 saturated carbocycles. The Labute approximate surface area is 209 Å². The number of rotatable bonds is 10. The van der Waals surface area contributed by atoms with Crippen molar-refractivity contribution in [1.29, 1.82) is 0 Å². The van der Waals surface area contributed by atoms with Crippen LogP contribution in [0.4, 0.5) is 0 Å². The van der Waals surface area contributed by atoms with Gasteiger partial charge >= 0.3 is 29.6 Å². The number of carbonyl (C=O) groups excluding carboxylic acids is 1. The Balaban J connectivity index is 0.00000512. The maximum Gasteiger partial charge on any atom is 1.00 e. The molecular weight excluding hydrogens is 449 g/mol. The van der Waals surface area contributed by atoms with Gasteiger partial charge in [-0.1, -0.05) is 6.58 Å². The van der Waals surface area contributed by atoms with Crippen molar-refractivity contribution < 1.29 is 66.8 Å². The molecule has 1 aromatic carbocycles. The number of sulfone groups is 1. The summed E-state index contributed by atoms with van der Waals surface area (Å²) in [6, 6.07) is 3.19. The summed E-state index contributed by atoms with van der Waals surface area (Å²) in [6.07, 6.45) is 2.93. The summed E-state index contributed by atoms with van der Waals surface area (Å²) in [7, 11) is 1.64. The SMILES string of the molecule is C=C1C=C(S(=O)(=O)C=Cc2c(OC)cc(OC)cc2OC)C(OC)=C(NCC(=O)[O-])C1.[Na+]. The van der Waals surface area contributed by atoms with Gasteiger partial charge in [-0.2, -0.15) is 0 Å². The average molecular weight is 473 g/mol. The van der Waals surface area contributed by atoms with Crippen molar-refractivity contribution in [3.05, 3.63) is 57.7 Å². The zero-order valence-corrected chi connectivity index (χ0v) is 21.5. The third-order valence-corrected chi connectivity index (χ3v) is 5.77. The molecule has 1 aromatic rings. The number of hydrogen-bond donors (Lipinski definition) is 1. The molecule has 0 unspecified atom stereocenters. The molecule has 0 heterocycles. The largest absolute Gasteiger partial charge is 1.00 e. The molecular formula is C21H24NNaO8S. The molecule has 0 spiro atoms. The molecule has 1 N–H and O–H groups in total. The monoisotopic (exact) mass is 473 g/mol. The van der Waals surface area contributed by atoms with Crippen LogP contribution in [0.5, 0.6) is 17.2 Å². The van der Waals surface area contributed by atoms with Gasteiger partial charge in [0, 0.05) is 24.0 Å². The molecule has 0 fully saturated rings. The first-order chi connectivity index (χ1) is 14.7. The molecule has 0 saturated heterocycles. The van der Waals surface area contributed by atoms with Crippen molar-refractivity contribution in [2.75, 3.05) is 35.0 Å². The summed E-state index contributed by atoms with van der Waals surface area (Å²) < 4.78 is 47.3. The summed E-state index contributed by atoms with van der Waals surface area (Å²) in [4.78, 5) is 10.6. The standard InChI is InChI=1S/C21H25NO8S.Na/c1-13-8-16(22-12-20(23)24)21(30-5)19(9-13)31(25,26)7-6-15-17(28-3)10-14(27-2)11-18(15)29-4;/h6-7,9-11,22H,1,8,12H2,2-5H3,(H,23,24);/q;+1/p-1. The number of methoxy groups -OCH3 is 4. The topological polar surface area (TPSA) is 123 Å². The minimum absolute atomic E-state index is 0. The molecule has 0 amide bonds. The number of ether oxygens (including phenoxy) is 4. The number of carboxylic acids is 1. The van der Waals surface area contributed by atoms with Crippen molar-refractivity contribution in [2.24, 2.45) is 0 Å². The third-order valence-electron chi connectivity index (χ3n) is 4.36. The Hall–Kier alpha value is -2.40. The van der Waals surface area contributed by atoms with Crippen LogP contribution in [0.15, 0.2) is 52.1 Å². The maximum atomic E-state index is 13.1. The van der Waals surface area contributed by atoms with Gasteiger partial charge in [0.2, 0.25) is 9.84 Å². The third kappa shape index (κ3) is 6.55. The number of allylic oxidation sites excluding steroid dienone is 2. The van der Waals surface area contributed by atoms with Crippen LogP contribution in [-0.2, 0) is 19.4 Å². The molecule has 0 aromatic heterocycles. The molecule has 1 aliphatic rings. The van der Waals surface area contributed by atoms with E-state index < -0.39 is 22.4 Å². The van der Waals surface area contributed by atoms with Gasteiger partial charge in [0.1, 0.15) is 22.2 Å². The Kier molecular flexibility index (Phi) is 10.4. The van der Waals surface area contributed by atoms with E-state index in [2.05, 4.69) is 11.9 Å². The van der Waals surface area contributed by atoms with Crippen molar-refractivity contribution in [3.8, 4) is 17.2 Å². The van der Waals surface area contributed by atoms with Crippen LogP contribution in [0, 0.1) is 0 Å². The minimum atomic E-state index is -4.02. The minimum Gasteiger partial charge on any atom is -0.548 e. The quantitative estimate of drug-likeness (QED) is 0.390. The number of benzene rings is 1. The molecule has 0 atom stereocenters. The van der Waals surface area contributed by atoms with Crippen LogP contribution in [0.3, 0.4) is 0 Å². The molecule has 9 nitrogen and oxygen atoms in total. The van der Waals surface area contributed by atoms with Crippen LogP contribution >= 0.6 is 0 Å². The van der Waals surface area contributed by atoms with Crippen LogP contribution in [0.2, 0.25) is 0 Å². The zero-order chi connectivity index (χ0) is 23.2. The van der Waals surface area contributed by atoms with E-state index >= 15 is 0 Å². The van der Waals surface area contributed by atoms with Crippen LogP contribution in [0.1, 0.15) is 12.0 Å². The van der Waals surface area contributed by atoms with E-state index in [0.717, 1.165) is 5.41 Å². The van der Waals surface area contributed by atoms with Gasteiger partial charge in [-0.15, -0.1) is 0 Å². The summed E-state index contributed by atoms with van der Waals surface area (Å²) in [6.45, 7) is 3.30. The molecule has 11 heteroatoms. The first kappa shape index (κ1) is 27.6. The number of carboxylic acid groups (broad SMARTS) is 1. The molecule has 32 heavy (non-hydrogen) atoms. The second-order valence-corrected chi connectivity index (χ2v) is 8.18. The number of carbonyl (C=O) groups is 1. The number of nitrogens with one attached hydrogen (secondary N) is 1. The van der Waals surface area contributed by atoms with E-state index in [9.17, 15) is 18.3 Å². The molecule has 2 rings (SSSR count). The summed E-state index contributed by atoms with van der Waals surface area (Å²) in [5.41, 5.74) is 1.14. The van der Waals surface area contributed by atoms with Gasteiger partial charge in [-0.3, -0.25) is 0 Å². The van der Waals surface area contributed by atoms with Gasteiger partial charge in [0.05, 0.1) is 52.2 Å². The molecule has 0 aliphatic heterocycles. The Morgan fingerprint density at radius 3 is 2.19 bits per heavy atom. The summed E-state index contributed by atoms with van der Waals surface area (Å²) in [5.74, 6) is -0.154. The van der Waals surface area contributed by atoms with Crippen LogP contribution in [-0.4, -0.2) is 49.4 Å². The smallest absolute Gasteiger partial charge is 0.548 e. The Bertz CT molecular complexity index is 1050. The van der Waals surface area contributed by atoms with Crippen molar-refractivity contribution in [1.82, 2.24) is 5.32 Å². The summed E-state index contributed by atoms with van der Waals surface area (Å²) in [5, 5.41) is 14.4. The molecule has 1 aliphatic carbocycles. The van der Waals surface area contributed by atoms with Crippen molar-refractivity contribution >= 4 is 21.9 Å². The fraction of sp³-hybridized carbons (Fsp3) is 0.286. The Morgan fingerprint density at radius 2 is 1.72 bits per heavy atom. The van der Waals surface area contributed by atoms with E-state index in [4.69, 9.17) is 18.9 Å². The normalized spacial score (nSPS) is 13.9. The van der Waals surface area contributed by atoms with Crippen molar-refractivity contribution in [3.63, 3.8) is 0 Å². The van der Waals surface area contributed by atoms with Gasteiger partial charge in [-0.25, -0.2) is 8.42 Å². The van der Waals surface area contributed by atoms with Gasteiger partial charge in [0.25, 0.3) is 0 Å².